The van der Waals surface area contributed by atoms with Gasteiger partial charge in [0.1, 0.15) is 5.69 Å². The van der Waals surface area contributed by atoms with Crippen molar-refractivity contribution in [3.63, 3.8) is 0 Å². The van der Waals surface area contributed by atoms with Crippen molar-refractivity contribution in [3.05, 3.63) is 22.5 Å². The molecule has 0 radical (unpaired) electrons. The predicted octanol–water partition coefficient (Wildman–Crippen LogP) is 2.68. The molecule has 1 aromatic heterocycles. The molecule has 0 atom stereocenters. The van der Waals surface area contributed by atoms with E-state index in [0.29, 0.717) is 28.4 Å². The Bertz CT molecular complexity index is 544. The fourth-order valence-corrected chi connectivity index (χ4v) is 2.69. The normalized spacial score (nSPS) is 14.1. The molecule has 1 amide bonds. The van der Waals surface area contributed by atoms with E-state index < -0.39 is 5.97 Å². The highest BCUT2D eigenvalue weighted by molar-refractivity contribution is 6.00. The van der Waals surface area contributed by atoms with E-state index in [1.807, 2.05) is 4.90 Å². The summed E-state index contributed by atoms with van der Waals surface area (Å²) >= 11 is 0. The number of ether oxygens (including phenoxy) is 1. The fourth-order valence-electron chi connectivity index (χ4n) is 2.69. The minimum absolute atomic E-state index is 0.0143. The smallest absolute Gasteiger partial charge is 0.339 e. The van der Waals surface area contributed by atoms with E-state index in [0.717, 1.165) is 19.5 Å². The maximum atomic E-state index is 12.7. The highest BCUT2D eigenvalue weighted by Crippen LogP contribution is 2.30. The number of aryl methyl sites for hydroxylation is 1. The van der Waals surface area contributed by atoms with Crippen molar-refractivity contribution in [3.8, 4) is 0 Å². The second-order valence-electron chi connectivity index (χ2n) is 5.81. The molecule has 0 saturated heterocycles. The second kappa shape index (κ2) is 6.33. The quantitative estimate of drug-likeness (QED) is 0.820. The number of H-pyrrole nitrogens is 1. The molecule has 1 aromatic rings. The molecule has 0 bridgehead atoms. The Hall–Kier alpha value is -1.78. The summed E-state index contributed by atoms with van der Waals surface area (Å²) < 4.78 is 4.79. The number of aromatic amines is 1. The summed E-state index contributed by atoms with van der Waals surface area (Å²) in [6.45, 7) is 7.23. The third-order valence-electron chi connectivity index (χ3n) is 4.00. The third-order valence-corrected chi connectivity index (χ3v) is 4.00. The molecule has 1 aliphatic carbocycles. The molecule has 1 aliphatic rings. The Balaban J connectivity index is 2.26. The van der Waals surface area contributed by atoms with Gasteiger partial charge in [-0.2, -0.15) is 0 Å². The van der Waals surface area contributed by atoms with Crippen LogP contribution >= 0.6 is 0 Å². The summed E-state index contributed by atoms with van der Waals surface area (Å²) in [4.78, 5) is 29.5. The summed E-state index contributed by atoms with van der Waals surface area (Å²) in [6, 6.07) is 0. The summed E-state index contributed by atoms with van der Waals surface area (Å²) in [5, 5.41) is 0. The van der Waals surface area contributed by atoms with Gasteiger partial charge >= 0.3 is 5.97 Å². The Morgan fingerprint density at radius 2 is 2.00 bits per heavy atom. The van der Waals surface area contributed by atoms with Gasteiger partial charge in [-0.05, 0) is 44.6 Å². The van der Waals surface area contributed by atoms with E-state index in [9.17, 15) is 9.59 Å². The first-order chi connectivity index (χ1) is 9.99. The molecule has 116 valence electrons. The maximum absolute atomic E-state index is 12.7. The maximum Gasteiger partial charge on any atom is 0.339 e. The number of amides is 1. The molecule has 0 spiro atoms. The van der Waals surface area contributed by atoms with Gasteiger partial charge in [0.05, 0.1) is 12.7 Å². The molecule has 1 N–H and O–H groups in total. The summed E-state index contributed by atoms with van der Waals surface area (Å²) in [5.74, 6) is 0.237. The van der Waals surface area contributed by atoms with Gasteiger partial charge in [0.15, 0.2) is 0 Å². The van der Waals surface area contributed by atoms with E-state index in [4.69, 9.17) is 4.74 Å². The number of rotatable bonds is 6. The fraction of sp³-hybridized carbons (Fsp3) is 0.625. The third kappa shape index (κ3) is 3.28. The monoisotopic (exact) mass is 292 g/mol. The molecule has 21 heavy (non-hydrogen) atoms. The second-order valence-corrected chi connectivity index (χ2v) is 5.81. The molecular weight excluding hydrogens is 268 g/mol. The summed E-state index contributed by atoms with van der Waals surface area (Å²) in [7, 11) is 1.35. The van der Waals surface area contributed by atoms with Gasteiger partial charge in [0, 0.05) is 18.8 Å². The molecular formula is C16H24N2O3. The van der Waals surface area contributed by atoms with Crippen LogP contribution in [0.15, 0.2) is 0 Å². The Labute approximate surface area is 125 Å². The molecule has 1 saturated carbocycles. The van der Waals surface area contributed by atoms with E-state index in [-0.39, 0.29) is 5.91 Å². The van der Waals surface area contributed by atoms with Crippen molar-refractivity contribution < 1.29 is 14.3 Å². The van der Waals surface area contributed by atoms with Crippen LogP contribution in [0.1, 0.15) is 58.3 Å². The van der Waals surface area contributed by atoms with Gasteiger partial charge in [-0.15, -0.1) is 0 Å². The number of aromatic nitrogens is 1. The van der Waals surface area contributed by atoms with Crippen LogP contribution in [0.5, 0.6) is 0 Å². The van der Waals surface area contributed by atoms with Crippen LogP contribution < -0.4 is 0 Å². The van der Waals surface area contributed by atoms with Crippen LogP contribution in [-0.4, -0.2) is 42.0 Å². The molecule has 1 heterocycles. The summed E-state index contributed by atoms with van der Waals surface area (Å²) in [6.07, 6.45) is 3.36. The molecule has 5 nitrogen and oxygen atoms in total. The minimum Gasteiger partial charge on any atom is -0.465 e. The first-order valence-corrected chi connectivity index (χ1v) is 7.56. The van der Waals surface area contributed by atoms with Crippen molar-refractivity contribution >= 4 is 11.9 Å². The van der Waals surface area contributed by atoms with Gasteiger partial charge in [-0.25, -0.2) is 4.79 Å². The molecule has 1 fully saturated rings. The van der Waals surface area contributed by atoms with Gasteiger partial charge in [0.2, 0.25) is 0 Å². The van der Waals surface area contributed by atoms with E-state index in [1.165, 1.54) is 20.0 Å². The molecule has 0 aromatic carbocycles. The number of esters is 1. The molecule has 0 aliphatic heterocycles. The molecule has 5 heteroatoms. The van der Waals surface area contributed by atoms with Crippen molar-refractivity contribution in [2.75, 3.05) is 20.2 Å². The van der Waals surface area contributed by atoms with Crippen molar-refractivity contribution in [2.24, 2.45) is 5.92 Å². The standard InChI is InChI=1S/C16H24N2O3/c1-5-8-18(9-12-6-7-12)15(19)14-10(2)13(11(3)17-14)16(20)21-4/h12,17H,5-9H2,1-4H3. The zero-order valence-electron chi connectivity index (χ0n) is 13.3. The number of methoxy groups -OCH3 is 1. The SMILES string of the molecule is CCCN(CC1CC1)C(=O)c1[nH]c(C)c(C(=O)OC)c1C. The van der Waals surface area contributed by atoms with Crippen LogP contribution in [0.25, 0.3) is 0 Å². The first kappa shape index (κ1) is 15.6. The Morgan fingerprint density at radius 1 is 1.33 bits per heavy atom. The van der Waals surface area contributed by atoms with Crippen LogP contribution in [-0.2, 0) is 4.74 Å². The number of nitrogens with zero attached hydrogens (tertiary/aromatic N) is 1. The lowest BCUT2D eigenvalue weighted by Crippen LogP contribution is -2.34. The minimum atomic E-state index is -0.399. The molecule has 0 unspecified atom stereocenters. The van der Waals surface area contributed by atoms with E-state index in [2.05, 4.69) is 11.9 Å². The van der Waals surface area contributed by atoms with Crippen LogP contribution in [0.2, 0.25) is 0 Å². The highest BCUT2D eigenvalue weighted by atomic mass is 16.5. The van der Waals surface area contributed by atoms with Gasteiger partial charge < -0.3 is 14.6 Å². The van der Waals surface area contributed by atoms with Gasteiger partial charge in [-0.3, -0.25) is 4.79 Å². The average Bonchev–Trinajstić information content (AvgIpc) is 3.22. The van der Waals surface area contributed by atoms with Crippen LogP contribution in [0.4, 0.5) is 0 Å². The first-order valence-electron chi connectivity index (χ1n) is 7.56. The average molecular weight is 292 g/mol. The van der Waals surface area contributed by atoms with Crippen LogP contribution in [0.3, 0.4) is 0 Å². The largest absolute Gasteiger partial charge is 0.465 e. The highest BCUT2D eigenvalue weighted by Gasteiger charge is 2.29. The van der Waals surface area contributed by atoms with Crippen molar-refractivity contribution in [1.29, 1.82) is 0 Å². The summed E-state index contributed by atoms with van der Waals surface area (Å²) in [5.41, 5.74) is 2.36. The van der Waals surface area contributed by atoms with Crippen molar-refractivity contribution in [1.82, 2.24) is 9.88 Å². The predicted molar refractivity (Wildman–Crippen MR) is 80.5 cm³/mol. The van der Waals surface area contributed by atoms with Gasteiger partial charge in [0.25, 0.3) is 5.91 Å². The van der Waals surface area contributed by atoms with E-state index >= 15 is 0 Å². The lowest BCUT2D eigenvalue weighted by molar-refractivity contribution is 0.0599. The number of hydrogen-bond donors (Lipinski definition) is 1. The van der Waals surface area contributed by atoms with E-state index in [1.54, 1.807) is 13.8 Å². The Morgan fingerprint density at radius 3 is 2.52 bits per heavy atom. The zero-order valence-corrected chi connectivity index (χ0v) is 13.3. The zero-order chi connectivity index (χ0) is 15.6. The lowest BCUT2D eigenvalue weighted by Gasteiger charge is -2.21. The van der Waals surface area contributed by atoms with Crippen molar-refractivity contribution in [2.45, 2.75) is 40.0 Å². The lowest BCUT2D eigenvalue weighted by atomic mass is 10.1. The number of carbonyl (C=O) groups excluding carboxylic acids is 2. The topological polar surface area (TPSA) is 62.4 Å². The van der Waals surface area contributed by atoms with Crippen LogP contribution in [0, 0.1) is 19.8 Å². The molecule has 2 rings (SSSR count). The van der Waals surface area contributed by atoms with Gasteiger partial charge in [-0.1, -0.05) is 6.92 Å². The number of carbonyl (C=O) groups is 2. The number of nitrogens with one attached hydrogen (secondary N) is 1. The number of hydrogen-bond acceptors (Lipinski definition) is 3. The Kier molecular flexibility index (Phi) is 4.70.